The van der Waals surface area contributed by atoms with Crippen molar-refractivity contribution in [3.8, 4) is 0 Å². The maximum absolute atomic E-state index is 12.4. The molecule has 4 aliphatic rings. The topological polar surface area (TPSA) is 35.5 Å². The SMILES string of the molecule is C[C@H](CCC1=C[C@](C)(O[Si](C)(C)C)C(=O)O1)[C@H]1CCC2C3C(Br)[C@H]3CC[C@@]21C. The fraction of sp³-hybridized carbons (Fsp3) is 0.870. The van der Waals surface area contributed by atoms with E-state index < -0.39 is 13.9 Å². The number of hydrogen-bond acceptors (Lipinski definition) is 3. The van der Waals surface area contributed by atoms with Crippen molar-refractivity contribution in [1.29, 1.82) is 0 Å². The zero-order chi connectivity index (χ0) is 20.5. The predicted molar refractivity (Wildman–Crippen MR) is 119 cm³/mol. The molecule has 158 valence electrons. The number of carbonyl (C=O) groups excluding carboxylic acids is 1. The van der Waals surface area contributed by atoms with Gasteiger partial charge in [-0.3, -0.25) is 0 Å². The monoisotopic (exact) mass is 468 g/mol. The lowest BCUT2D eigenvalue weighted by atomic mass is 9.62. The molecule has 3 nitrogen and oxygen atoms in total. The molecule has 0 aromatic carbocycles. The minimum absolute atomic E-state index is 0.235. The van der Waals surface area contributed by atoms with Gasteiger partial charge >= 0.3 is 5.97 Å². The van der Waals surface area contributed by atoms with Gasteiger partial charge in [0.1, 0.15) is 5.76 Å². The maximum Gasteiger partial charge on any atom is 0.346 e. The van der Waals surface area contributed by atoms with Crippen LogP contribution in [-0.4, -0.2) is 24.7 Å². The molecule has 0 aromatic heterocycles. The molecule has 0 N–H and O–H groups in total. The number of cyclic esters (lactones) is 1. The van der Waals surface area contributed by atoms with E-state index in [2.05, 4.69) is 49.4 Å². The Morgan fingerprint density at radius 2 is 2.00 bits per heavy atom. The van der Waals surface area contributed by atoms with E-state index in [1.165, 1.54) is 25.7 Å². The quantitative estimate of drug-likeness (QED) is 0.261. The summed E-state index contributed by atoms with van der Waals surface area (Å²) < 4.78 is 11.8. The number of carbonyl (C=O) groups is 1. The number of allylic oxidation sites excluding steroid dienone is 1. The summed E-state index contributed by atoms with van der Waals surface area (Å²) in [5.74, 6) is 4.88. The van der Waals surface area contributed by atoms with E-state index in [9.17, 15) is 4.79 Å². The molecule has 0 radical (unpaired) electrons. The predicted octanol–water partition coefficient (Wildman–Crippen LogP) is 6.29. The van der Waals surface area contributed by atoms with Gasteiger partial charge in [0.15, 0.2) is 13.9 Å². The van der Waals surface area contributed by atoms with Crippen molar-refractivity contribution in [2.75, 3.05) is 0 Å². The first-order valence-electron chi connectivity index (χ1n) is 11.2. The molecule has 3 aliphatic carbocycles. The molecule has 0 aromatic rings. The normalized spacial score (nSPS) is 45.9. The standard InChI is InChI=1S/C23H37BrO3Si/c1-14(7-8-15-13-23(3,21(25)26-15)27-28(4,5)6)17-9-10-18-19-16(20(19)24)11-12-22(17,18)2/h13-14,16-20H,7-12H2,1-6H3/t14-,16+,17-,18?,19?,20?,22-,23+/m1/s1. The fourth-order valence-electron chi connectivity index (χ4n) is 6.95. The van der Waals surface area contributed by atoms with Crippen LogP contribution in [0.1, 0.15) is 59.3 Å². The molecule has 3 saturated carbocycles. The maximum atomic E-state index is 12.4. The average Bonchev–Trinajstić information content (AvgIpc) is 2.94. The zero-order valence-corrected chi connectivity index (χ0v) is 21.0. The Morgan fingerprint density at radius 1 is 1.29 bits per heavy atom. The molecule has 1 heterocycles. The van der Waals surface area contributed by atoms with Crippen LogP contribution in [0.4, 0.5) is 0 Å². The van der Waals surface area contributed by atoms with Crippen LogP contribution in [0.5, 0.6) is 0 Å². The van der Waals surface area contributed by atoms with E-state index in [-0.39, 0.29) is 5.97 Å². The van der Waals surface area contributed by atoms with Gasteiger partial charge in [-0.2, -0.15) is 0 Å². The molecular weight excluding hydrogens is 432 g/mol. The number of hydrogen-bond donors (Lipinski definition) is 0. The smallest absolute Gasteiger partial charge is 0.346 e. The third-order valence-electron chi connectivity index (χ3n) is 8.21. The van der Waals surface area contributed by atoms with E-state index in [4.69, 9.17) is 9.16 Å². The van der Waals surface area contributed by atoms with Crippen LogP contribution in [0.3, 0.4) is 0 Å². The Morgan fingerprint density at radius 3 is 2.68 bits per heavy atom. The van der Waals surface area contributed by atoms with Crippen LogP contribution >= 0.6 is 15.9 Å². The number of fused-ring (bicyclic) bond motifs is 3. The van der Waals surface area contributed by atoms with Gasteiger partial charge in [-0.25, -0.2) is 4.79 Å². The van der Waals surface area contributed by atoms with E-state index in [1.54, 1.807) is 0 Å². The van der Waals surface area contributed by atoms with Gasteiger partial charge in [-0.15, -0.1) is 0 Å². The van der Waals surface area contributed by atoms with E-state index in [0.29, 0.717) is 11.3 Å². The summed E-state index contributed by atoms with van der Waals surface area (Å²) in [6.07, 6.45) is 9.49. The first-order chi connectivity index (χ1) is 12.9. The highest BCUT2D eigenvalue weighted by Gasteiger charge is 2.64. The number of ether oxygens (including phenoxy) is 1. The molecule has 8 atom stereocenters. The van der Waals surface area contributed by atoms with Gasteiger partial charge in [-0.1, -0.05) is 29.8 Å². The summed E-state index contributed by atoms with van der Waals surface area (Å²) in [6.45, 7) is 13.2. The molecule has 5 heteroatoms. The van der Waals surface area contributed by atoms with Crippen molar-refractivity contribution in [3.05, 3.63) is 11.8 Å². The molecule has 0 amide bonds. The highest BCUT2D eigenvalue weighted by molar-refractivity contribution is 9.09. The largest absolute Gasteiger partial charge is 0.429 e. The van der Waals surface area contributed by atoms with Crippen LogP contribution in [0.15, 0.2) is 11.8 Å². The molecule has 1 aliphatic heterocycles. The summed E-state index contributed by atoms with van der Waals surface area (Å²) >= 11 is 3.94. The lowest BCUT2D eigenvalue weighted by Gasteiger charge is -2.43. The Kier molecular flexibility index (Phi) is 5.24. The van der Waals surface area contributed by atoms with Crippen molar-refractivity contribution in [2.24, 2.45) is 35.0 Å². The van der Waals surface area contributed by atoms with E-state index in [0.717, 1.165) is 47.1 Å². The highest BCUT2D eigenvalue weighted by atomic mass is 79.9. The summed E-state index contributed by atoms with van der Waals surface area (Å²) in [4.78, 5) is 13.2. The second-order valence-corrected chi connectivity index (χ2v) is 16.8. The average molecular weight is 470 g/mol. The van der Waals surface area contributed by atoms with Gasteiger partial charge in [0.2, 0.25) is 0 Å². The van der Waals surface area contributed by atoms with Gasteiger partial charge in [0.25, 0.3) is 0 Å². The zero-order valence-electron chi connectivity index (χ0n) is 18.4. The minimum atomic E-state index is -1.82. The summed E-state index contributed by atoms with van der Waals surface area (Å²) in [5.41, 5.74) is -0.373. The molecule has 3 unspecified atom stereocenters. The summed E-state index contributed by atoms with van der Waals surface area (Å²) in [6, 6.07) is 0. The second-order valence-electron chi connectivity index (χ2n) is 11.4. The molecule has 0 saturated heterocycles. The van der Waals surface area contributed by atoms with Crippen molar-refractivity contribution >= 4 is 30.2 Å². The van der Waals surface area contributed by atoms with Gasteiger partial charge in [0.05, 0.1) is 0 Å². The van der Waals surface area contributed by atoms with Crippen molar-refractivity contribution in [3.63, 3.8) is 0 Å². The first-order valence-corrected chi connectivity index (χ1v) is 15.6. The first kappa shape index (κ1) is 21.1. The lowest BCUT2D eigenvalue weighted by molar-refractivity contribution is -0.149. The van der Waals surface area contributed by atoms with Crippen LogP contribution in [0.2, 0.25) is 19.6 Å². The Hall–Kier alpha value is -0.133. The van der Waals surface area contributed by atoms with Crippen molar-refractivity contribution in [1.82, 2.24) is 0 Å². The highest BCUT2D eigenvalue weighted by Crippen LogP contribution is 2.69. The lowest BCUT2D eigenvalue weighted by Crippen LogP contribution is -2.43. The number of halogens is 1. The molecular formula is C23H37BrO3Si. The molecule has 0 bridgehead atoms. The number of alkyl halides is 1. The van der Waals surface area contributed by atoms with E-state index >= 15 is 0 Å². The number of esters is 1. The van der Waals surface area contributed by atoms with Crippen molar-refractivity contribution in [2.45, 2.75) is 89.4 Å². The van der Waals surface area contributed by atoms with E-state index in [1.807, 2.05) is 13.0 Å². The van der Waals surface area contributed by atoms with Crippen LogP contribution in [0, 0.1) is 35.0 Å². The Bertz CT molecular complexity index is 686. The third kappa shape index (κ3) is 3.58. The number of rotatable bonds is 6. The van der Waals surface area contributed by atoms with Gasteiger partial charge < -0.3 is 9.16 Å². The summed E-state index contributed by atoms with van der Waals surface area (Å²) in [7, 11) is -1.82. The molecule has 0 spiro atoms. The van der Waals surface area contributed by atoms with Gasteiger partial charge in [0, 0.05) is 11.2 Å². The summed E-state index contributed by atoms with van der Waals surface area (Å²) in [5, 5.41) is 0. The molecule has 3 fully saturated rings. The minimum Gasteiger partial charge on any atom is -0.429 e. The third-order valence-corrected chi connectivity index (χ3v) is 10.5. The fourth-order valence-corrected chi connectivity index (χ4v) is 9.57. The van der Waals surface area contributed by atoms with Crippen LogP contribution < -0.4 is 0 Å². The van der Waals surface area contributed by atoms with Crippen molar-refractivity contribution < 1.29 is 14.0 Å². The Balaban J connectivity index is 1.37. The second kappa shape index (κ2) is 6.95. The van der Waals surface area contributed by atoms with Crippen LogP contribution in [0.25, 0.3) is 0 Å². The van der Waals surface area contributed by atoms with Gasteiger partial charge in [-0.05, 0) is 99.7 Å². The molecule has 4 rings (SSSR count). The Labute approximate surface area is 180 Å². The molecule has 28 heavy (non-hydrogen) atoms. The van der Waals surface area contributed by atoms with Crippen LogP contribution in [-0.2, 0) is 14.0 Å².